The number of benzene rings is 2. The Bertz CT molecular complexity index is 721. The lowest BCUT2D eigenvalue weighted by Gasteiger charge is -2.20. The van der Waals surface area contributed by atoms with E-state index in [9.17, 15) is 13.6 Å². The van der Waals surface area contributed by atoms with Crippen LogP contribution in [0.3, 0.4) is 0 Å². The van der Waals surface area contributed by atoms with E-state index in [-0.39, 0.29) is 18.8 Å². The predicted octanol–water partition coefficient (Wildman–Crippen LogP) is 3.65. The van der Waals surface area contributed by atoms with Crippen molar-refractivity contribution in [2.24, 2.45) is 0 Å². The lowest BCUT2D eigenvalue weighted by atomic mass is 10.1. The van der Waals surface area contributed by atoms with Crippen molar-refractivity contribution in [2.45, 2.75) is 6.54 Å². The van der Waals surface area contributed by atoms with Gasteiger partial charge >= 0.3 is 0 Å². The molecule has 1 aliphatic rings. The van der Waals surface area contributed by atoms with Gasteiger partial charge in [0.2, 0.25) is 0 Å². The standard InChI is InChI=1S/C15H10BrF2NO2/c16-10-1-4-14-9(5-10)7-19(15(20)8-21-14)13-6-11(17)2-3-12(13)18/h1-6H,7-8H2. The molecule has 0 saturated heterocycles. The molecule has 3 nitrogen and oxygen atoms in total. The van der Waals surface area contributed by atoms with Gasteiger partial charge in [0, 0.05) is 16.1 Å². The van der Waals surface area contributed by atoms with Crippen molar-refractivity contribution in [1.29, 1.82) is 0 Å². The molecule has 0 bridgehead atoms. The molecule has 0 unspecified atom stereocenters. The second-order valence-corrected chi connectivity index (χ2v) is 5.53. The van der Waals surface area contributed by atoms with Gasteiger partial charge in [-0.1, -0.05) is 15.9 Å². The maximum absolute atomic E-state index is 13.9. The van der Waals surface area contributed by atoms with Gasteiger partial charge in [0.05, 0.1) is 12.2 Å². The van der Waals surface area contributed by atoms with E-state index in [0.717, 1.165) is 28.2 Å². The van der Waals surface area contributed by atoms with Crippen molar-refractivity contribution < 1.29 is 18.3 Å². The number of carbonyl (C=O) groups excluding carboxylic acids is 1. The minimum atomic E-state index is -0.650. The Morgan fingerprint density at radius 1 is 1.14 bits per heavy atom. The maximum atomic E-state index is 13.9. The quantitative estimate of drug-likeness (QED) is 0.783. The molecule has 6 heteroatoms. The van der Waals surface area contributed by atoms with Crippen molar-refractivity contribution in [2.75, 3.05) is 11.5 Å². The molecule has 2 aromatic carbocycles. The minimum Gasteiger partial charge on any atom is -0.483 e. The number of carbonyl (C=O) groups is 1. The summed E-state index contributed by atoms with van der Waals surface area (Å²) in [6.45, 7) is -0.0986. The van der Waals surface area contributed by atoms with E-state index in [1.54, 1.807) is 18.2 Å². The molecule has 0 saturated carbocycles. The van der Waals surface area contributed by atoms with Crippen LogP contribution in [-0.2, 0) is 11.3 Å². The first-order valence-electron chi connectivity index (χ1n) is 6.21. The predicted molar refractivity (Wildman–Crippen MR) is 77.2 cm³/mol. The zero-order valence-corrected chi connectivity index (χ0v) is 12.4. The molecule has 0 spiro atoms. The Balaban J connectivity index is 2.05. The van der Waals surface area contributed by atoms with Gasteiger partial charge in [0.15, 0.2) is 6.61 Å². The van der Waals surface area contributed by atoms with Gasteiger partial charge in [0.1, 0.15) is 17.4 Å². The van der Waals surface area contributed by atoms with E-state index in [2.05, 4.69) is 15.9 Å². The number of hydrogen-bond donors (Lipinski definition) is 0. The summed E-state index contributed by atoms with van der Waals surface area (Å²) in [5.74, 6) is -1.11. The first kappa shape index (κ1) is 14.0. The highest BCUT2D eigenvalue weighted by Gasteiger charge is 2.25. The average molecular weight is 354 g/mol. The molecule has 0 fully saturated rings. The molecule has 21 heavy (non-hydrogen) atoms. The molecule has 0 atom stereocenters. The number of amides is 1. The molecule has 1 amide bonds. The highest BCUT2D eigenvalue weighted by molar-refractivity contribution is 9.10. The van der Waals surface area contributed by atoms with Crippen LogP contribution in [0.1, 0.15) is 5.56 Å². The van der Waals surface area contributed by atoms with E-state index in [1.807, 2.05) is 0 Å². The van der Waals surface area contributed by atoms with Crippen LogP contribution >= 0.6 is 15.9 Å². The van der Waals surface area contributed by atoms with Crippen LogP contribution in [0.4, 0.5) is 14.5 Å². The summed E-state index contributed by atoms with van der Waals surface area (Å²) in [5, 5.41) is 0. The average Bonchev–Trinajstić information content (AvgIpc) is 2.61. The minimum absolute atomic E-state index is 0.0866. The van der Waals surface area contributed by atoms with E-state index in [0.29, 0.717) is 5.75 Å². The van der Waals surface area contributed by atoms with E-state index >= 15 is 0 Å². The van der Waals surface area contributed by atoms with Crippen LogP contribution in [0, 0.1) is 11.6 Å². The van der Waals surface area contributed by atoms with Gasteiger partial charge in [-0.3, -0.25) is 4.79 Å². The Hall–Kier alpha value is -1.95. The summed E-state index contributed by atoms with van der Waals surface area (Å²) in [6, 6.07) is 8.35. The lowest BCUT2D eigenvalue weighted by Crippen LogP contribution is -2.33. The zero-order chi connectivity index (χ0) is 15.0. The number of rotatable bonds is 1. The molecule has 0 N–H and O–H groups in total. The van der Waals surface area contributed by atoms with Gasteiger partial charge in [-0.25, -0.2) is 8.78 Å². The number of ether oxygens (including phenoxy) is 1. The lowest BCUT2D eigenvalue weighted by molar-refractivity contribution is -0.120. The van der Waals surface area contributed by atoms with Crippen LogP contribution < -0.4 is 9.64 Å². The summed E-state index contributed by atoms with van der Waals surface area (Å²) in [4.78, 5) is 13.3. The number of halogens is 3. The van der Waals surface area contributed by atoms with E-state index in [4.69, 9.17) is 4.74 Å². The molecule has 0 aromatic heterocycles. The number of fused-ring (bicyclic) bond motifs is 1. The van der Waals surface area contributed by atoms with Crippen LogP contribution in [0.15, 0.2) is 40.9 Å². The molecule has 0 aliphatic carbocycles. The topological polar surface area (TPSA) is 29.5 Å². The number of hydrogen-bond acceptors (Lipinski definition) is 2. The fourth-order valence-electron chi connectivity index (χ4n) is 2.20. The highest BCUT2D eigenvalue weighted by Crippen LogP contribution is 2.30. The summed E-state index contributed by atoms with van der Waals surface area (Å²) in [6.07, 6.45) is 0. The van der Waals surface area contributed by atoms with Crippen LogP contribution in [0.25, 0.3) is 0 Å². The van der Waals surface area contributed by atoms with Crippen LogP contribution in [0.2, 0.25) is 0 Å². The van der Waals surface area contributed by atoms with Crippen LogP contribution in [0.5, 0.6) is 5.75 Å². The van der Waals surface area contributed by atoms with Crippen molar-refractivity contribution in [3.05, 3.63) is 58.1 Å². The van der Waals surface area contributed by atoms with Crippen molar-refractivity contribution >= 4 is 27.5 Å². The number of anilines is 1. The molecule has 0 radical (unpaired) electrons. The van der Waals surface area contributed by atoms with Crippen LogP contribution in [-0.4, -0.2) is 12.5 Å². The normalized spacial score (nSPS) is 14.4. The second-order valence-electron chi connectivity index (χ2n) is 4.62. The fraction of sp³-hybridized carbons (Fsp3) is 0.133. The third kappa shape index (κ3) is 2.76. The summed E-state index contributed by atoms with van der Waals surface area (Å²) >= 11 is 3.34. The second kappa shape index (κ2) is 5.44. The van der Waals surface area contributed by atoms with Gasteiger partial charge in [0.25, 0.3) is 5.91 Å². The fourth-order valence-corrected chi connectivity index (χ4v) is 2.61. The monoisotopic (exact) mass is 353 g/mol. The molecule has 108 valence electrons. The zero-order valence-electron chi connectivity index (χ0n) is 10.8. The SMILES string of the molecule is O=C1COc2ccc(Br)cc2CN1c1cc(F)ccc1F. The third-order valence-corrected chi connectivity index (χ3v) is 3.70. The highest BCUT2D eigenvalue weighted by atomic mass is 79.9. The molecule has 2 aromatic rings. The van der Waals surface area contributed by atoms with E-state index < -0.39 is 17.5 Å². The van der Waals surface area contributed by atoms with Crippen molar-refractivity contribution in [3.8, 4) is 5.75 Å². The number of nitrogens with zero attached hydrogens (tertiary/aromatic N) is 1. The summed E-state index contributed by atoms with van der Waals surface area (Å²) in [7, 11) is 0. The summed E-state index contributed by atoms with van der Waals surface area (Å²) < 4.78 is 33.5. The Kier molecular flexibility index (Phi) is 3.63. The molecular weight excluding hydrogens is 344 g/mol. The molecule has 3 rings (SSSR count). The Morgan fingerprint density at radius 3 is 2.76 bits per heavy atom. The molecular formula is C15H10BrF2NO2. The van der Waals surface area contributed by atoms with Crippen molar-refractivity contribution in [1.82, 2.24) is 0 Å². The van der Waals surface area contributed by atoms with Gasteiger partial charge < -0.3 is 9.64 Å². The van der Waals surface area contributed by atoms with E-state index in [1.165, 1.54) is 4.90 Å². The maximum Gasteiger partial charge on any atom is 0.265 e. The Labute approximate surface area is 128 Å². The smallest absolute Gasteiger partial charge is 0.265 e. The largest absolute Gasteiger partial charge is 0.483 e. The molecule has 1 aliphatic heterocycles. The molecule has 1 heterocycles. The first-order valence-corrected chi connectivity index (χ1v) is 7.00. The van der Waals surface area contributed by atoms with Gasteiger partial charge in [-0.15, -0.1) is 0 Å². The third-order valence-electron chi connectivity index (χ3n) is 3.20. The van der Waals surface area contributed by atoms with Gasteiger partial charge in [-0.2, -0.15) is 0 Å². The summed E-state index contributed by atoms with van der Waals surface area (Å²) in [5.41, 5.74) is 0.635. The van der Waals surface area contributed by atoms with Crippen molar-refractivity contribution in [3.63, 3.8) is 0 Å². The Morgan fingerprint density at radius 2 is 1.95 bits per heavy atom. The first-order chi connectivity index (χ1) is 10.0. The van der Waals surface area contributed by atoms with Gasteiger partial charge in [-0.05, 0) is 30.3 Å².